The Balaban J connectivity index is 1.31. The Morgan fingerprint density at radius 2 is 1.57 bits per heavy atom. The minimum Gasteiger partial charge on any atom is -0.353 e. The van der Waals surface area contributed by atoms with Crippen LogP contribution >= 0.6 is 0 Å². The zero-order valence-electron chi connectivity index (χ0n) is 16.6. The predicted octanol–water partition coefficient (Wildman–Crippen LogP) is 2.48. The molecule has 0 unspecified atom stereocenters. The second-order valence-corrected chi connectivity index (χ2v) is 7.26. The highest BCUT2D eigenvalue weighted by Gasteiger charge is 2.23. The van der Waals surface area contributed by atoms with Crippen LogP contribution in [-0.2, 0) is 0 Å². The van der Waals surface area contributed by atoms with E-state index in [2.05, 4.69) is 24.8 Å². The van der Waals surface area contributed by atoms with Gasteiger partial charge >= 0.3 is 0 Å². The quantitative estimate of drug-likeness (QED) is 0.527. The Morgan fingerprint density at radius 3 is 2.33 bits per heavy atom. The maximum absolute atomic E-state index is 13.0. The van der Waals surface area contributed by atoms with E-state index in [-0.39, 0.29) is 5.91 Å². The molecule has 0 aliphatic carbocycles. The van der Waals surface area contributed by atoms with Crippen molar-refractivity contribution in [3.63, 3.8) is 0 Å². The van der Waals surface area contributed by atoms with Crippen LogP contribution in [0.2, 0.25) is 0 Å². The van der Waals surface area contributed by atoms with Gasteiger partial charge in [-0.05, 0) is 37.3 Å². The van der Waals surface area contributed by atoms with E-state index in [1.54, 1.807) is 12.4 Å². The molecule has 1 saturated heterocycles. The number of aromatic nitrogens is 5. The number of carbonyl (C=O) groups is 1. The maximum Gasteiger partial charge on any atom is 0.254 e. The molecule has 4 heterocycles. The van der Waals surface area contributed by atoms with Crippen molar-refractivity contribution in [3.8, 4) is 5.82 Å². The molecule has 3 aromatic heterocycles. The van der Waals surface area contributed by atoms with Crippen LogP contribution in [0.5, 0.6) is 0 Å². The first-order valence-corrected chi connectivity index (χ1v) is 9.91. The number of piperazine rings is 1. The van der Waals surface area contributed by atoms with Gasteiger partial charge in [0.25, 0.3) is 5.91 Å². The molecule has 150 valence electrons. The predicted molar refractivity (Wildman–Crippen MR) is 114 cm³/mol. The first kappa shape index (κ1) is 18.2. The smallest absolute Gasteiger partial charge is 0.254 e. The molecule has 8 nitrogen and oxygen atoms in total. The van der Waals surface area contributed by atoms with Crippen molar-refractivity contribution in [3.05, 3.63) is 72.6 Å². The van der Waals surface area contributed by atoms with Crippen molar-refractivity contribution >= 4 is 22.8 Å². The number of anilines is 1. The SMILES string of the molecule is Cc1nc(N2CCN(C(=O)c3ccc4nccnc4c3)CC2)cc(-n2cccc2)n1. The van der Waals surface area contributed by atoms with Gasteiger partial charge in [-0.25, -0.2) is 9.97 Å². The number of rotatable bonds is 3. The van der Waals surface area contributed by atoms with E-state index in [0.717, 1.165) is 41.6 Å². The molecule has 0 atom stereocenters. The van der Waals surface area contributed by atoms with Gasteiger partial charge < -0.3 is 14.4 Å². The molecule has 4 aromatic rings. The third-order valence-corrected chi connectivity index (χ3v) is 5.29. The monoisotopic (exact) mass is 399 g/mol. The van der Waals surface area contributed by atoms with Crippen LogP contribution < -0.4 is 4.90 Å². The van der Waals surface area contributed by atoms with Gasteiger partial charge in [0.05, 0.1) is 11.0 Å². The highest BCUT2D eigenvalue weighted by molar-refractivity contribution is 5.97. The largest absolute Gasteiger partial charge is 0.353 e. The number of hydrogen-bond donors (Lipinski definition) is 0. The molecule has 1 aliphatic rings. The highest BCUT2D eigenvalue weighted by Crippen LogP contribution is 2.19. The van der Waals surface area contributed by atoms with E-state index < -0.39 is 0 Å². The van der Waals surface area contributed by atoms with E-state index in [1.165, 1.54) is 0 Å². The zero-order valence-corrected chi connectivity index (χ0v) is 16.6. The lowest BCUT2D eigenvalue weighted by molar-refractivity contribution is 0.0746. The number of nitrogens with zero attached hydrogens (tertiary/aromatic N) is 7. The third kappa shape index (κ3) is 3.47. The number of benzene rings is 1. The van der Waals surface area contributed by atoms with Gasteiger partial charge in [-0.15, -0.1) is 0 Å². The molecular weight excluding hydrogens is 378 g/mol. The van der Waals surface area contributed by atoms with Crippen LogP contribution in [0.1, 0.15) is 16.2 Å². The minimum atomic E-state index is 0.0223. The van der Waals surface area contributed by atoms with E-state index in [9.17, 15) is 4.79 Å². The number of amides is 1. The minimum absolute atomic E-state index is 0.0223. The standard InChI is InChI=1S/C22H21N7O/c1-16-25-20(27-8-2-3-9-27)15-21(26-16)28-10-12-29(13-11-28)22(30)17-4-5-18-19(14-17)24-7-6-23-18/h2-9,14-15H,10-13H2,1H3. The Bertz CT molecular complexity index is 1200. The molecule has 0 spiro atoms. The second kappa shape index (κ2) is 7.55. The molecule has 1 fully saturated rings. The number of fused-ring (bicyclic) bond motifs is 1. The lowest BCUT2D eigenvalue weighted by Gasteiger charge is -2.35. The molecule has 1 aromatic carbocycles. The number of hydrogen-bond acceptors (Lipinski definition) is 6. The molecule has 8 heteroatoms. The molecule has 1 aliphatic heterocycles. The first-order valence-electron chi connectivity index (χ1n) is 9.91. The van der Waals surface area contributed by atoms with Crippen molar-refractivity contribution < 1.29 is 4.79 Å². The van der Waals surface area contributed by atoms with Crippen molar-refractivity contribution in [1.29, 1.82) is 0 Å². The Labute approximate surface area is 173 Å². The summed E-state index contributed by atoms with van der Waals surface area (Å²) < 4.78 is 1.97. The van der Waals surface area contributed by atoms with Gasteiger partial charge in [-0.1, -0.05) is 0 Å². The fraction of sp³-hybridized carbons (Fsp3) is 0.227. The van der Waals surface area contributed by atoms with Crippen molar-refractivity contribution in [2.45, 2.75) is 6.92 Å². The topological polar surface area (TPSA) is 80.0 Å². The summed E-state index contributed by atoms with van der Waals surface area (Å²) in [7, 11) is 0. The van der Waals surface area contributed by atoms with Gasteiger partial charge in [0.1, 0.15) is 17.5 Å². The molecule has 30 heavy (non-hydrogen) atoms. The Kier molecular flexibility index (Phi) is 4.59. The average Bonchev–Trinajstić information content (AvgIpc) is 3.33. The van der Waals surface area contributed by atoms with E-state index in [4.69, 9.17) is 0 Å². The summed E-state index contributed by atoms with van der Waals surface area (Å²) >= 11 is 0. The fourth-order valence-electron chi connectivity index (χ4n) is 3.74. The van der Waals surface area contributed by atoms with Crippen LogP contribution in [0.25, 0.3) is 16.9 Å². The van der Waals surface area contributed by atoms with Crippen molar-refractivity contribution in [2.75, 3.05) is 31.1 Å². The molecule has 0 radical (unpaired) electrons. The first-order chi connectivity index (χ1) is 14.7. The third-order valence-electron chi connectivity index (χ3n) is 5.29. The van der Waals surface area contributed by atoms with Crippen LogP contribution in [-0.4, -0.2) is 61.5 Å². The van der Waals surface area contributed by atoms with Gasteiger partial charge in [0.15, 0.2) is 0 Å². The van der Waals surface area contributed by atoms with Gasteiger partial charge in [-0.3, -0.25) is 14.8 Å². The van der Waals surface area contributed by atoms with E-state index in [1.807, 2.05) is 65.2 Å². The molecule has 0 saturated carbocycles. The van der Waals surface area contributed by atoms with E-state index in [0.29, 0.717) is 18.7 Å². The molecular formula is C22H21N7O. The summed E-state index contributed by atoms with van der Waals surface area (Å²) in [6, 6.07) is 11.4. The second-order valence-electron chi connectivity index (χ2n) is 7.26. The Hall–Kier alpha value is -3.81. The van der Waals surface area contributed by atoms with Gasteiger partial charge in [0.2, 0.25) is 0 Å². The number of carbonyl (C=O) groups excluding carboxylic acids is 1. The summed E-state index contributed by atoms with van der Waals surface area (Å²) in [6.07, 6.45) is 7.23. The van der Waals surface area contributed by atoms with Crippen molar-refractivity contribution in [2.24, 2.45) is 0 Å². The zero-order chi connectivity index (χ0) is 20.5. The highest BCUT2D eigenvalue weighted by atomic mass is 16.2. The maximum atomic E-state index is 13.0. The molecule has 1 amide bonds. The van der Waals surface area contributed by atoms with Crippen LogP contribution in [0.15, 0.2) is 61.2 Å². The summed E-state index contributed by atoms with van der Waals surface area (Å²) in [5.41, 5.74) is 2.16. The van der Waals surface area contributed by atoms with Crippen LogP contribution in [0.4, 0.5) is 5.82 Å². The summed E-state index contributed by atoms with van der Waals surface area (Å²) in [4.78, 5) is 34.8. The fourth-order valence-corrected chi connectivity index (χ4v) is 3.74. The summed E-state index contributed by atoms with van der Waals surface area (Å²) in [6.45, 7) is 4.62. The number of aryl methyl sites for hydroxylation is 1. The van der Waals surface area contributed by atoms with Gasteiger partial charge in [-0.2, -0.15) is 0 Å². The summed E-state index contributed by atoms with van der Waals surface area (Å²) in [5, 5.41) is 0. The lowest BCUT2D eigenvalue weighted by Crippen LogP contribution is -2.49. The normalized spacial score (nSPS) is 14.3. The van der Waals surface area contributed by atoms with Crippen LogP contribution in [0, 0.1) is 6.92 Å². The summed E-state index contributed by atoms with van der Waals surface area (Å²) in [5.74, 6) is 2.48. The average molecular weight is 399 g/mol. The Morgan fingerprint density at radius 1 is 0.867 bits per heavy atom. The lowest BCUT2D eigenvalue weighted by atomic mass is 10.1. The molecule has 0 N–H and O–H groups in total. The van der Waals surface area contributed by atoms with Crippen molar-refractivity contribution in [1.82, 2.24) is 29.4 Å². The molecule has 5 rings (SSSR count). The van der Waals surface area contributed by atoms with Gasteiger partial charge in [0, 0.05) is 62.6 Å². The molecule has 0 bridgehead atoms. The van der Waals surface area contributed by atoms with Crippen LogP contribution in [0.3, 0.4) is 0 Å². The van der Waals surface area contributed by atoms with E-state index >= 15 is 0 Å².